The number of rotatable bonds is 5. The second kappa shape index (κ2) is 6.55. The van der Waals surface area contributed by atoms with E-state index in [1.807, 2.05) is 10.9 Å². The maximum atomic E-state index is 13.6. The number of amides is 2. The van der Waals surface area contributed by atoms with E-state index in [1.165, 1.54) is 29.9 Å². The first-order valence-electron chi connectivity index (χ1n) is 8.85. The Morgan fingerprint density at radius 2 is 2.19 bits per heavy atom. The topological polar surface area (TPSA) is 67.2 Å². The third-order valence-corrected chi connectivity index (χ3v) is 5.16. The van der Waals surface area contributed by atoms with Crippen molar-refractivity contribution in [3.63, 3.8) is 0 Å². The zero-order chi connectivity index (χ0) is 18.3. The van der Waals surface area contributed by atoms with Crippen LogP contribution in [0.4, 0.5) is 10.1 Å². The van der Waals surface area contributed by atoms with Gasteiger partial charge in [-0.2, -0.15) is 5.10 Å². The number of halogens is 1. The molecular formula is C19H21FN4O2. The third kappa shape index (κ3) is 3.34. The van der Waals surface area contributed by atoms with E-state index in [4.69, 9.17) is 0 Å². The molecule has 0 unspecified atom stereocenters. The van der Waals surface area contributed by atoms with Crippen LogP contribution in [0, 0.1) is 17.7 Å². The summed E-state index contributed by atoms with van der Waals surface area (Å²) in [5.41, 5.74) is 1.25. The lowest BCUT2D eigenvalue weighted by Crippen LogP contribution is -2.30. The molecule has 2 heterocycles. The van der Waals surface area contributed by atoms with Crippen LogP contribution < -0.4 is 5.32 Å². The van der Waals surface area contributed by atoms with Crippen LogP contribution in [0.5, 0.6) is 0 Å². The lowest BCUT2D eigenvalue weighted by molar-refractivity contribution is -0.128. The highest BCUT2D eigenvalue weighted by Gasteiger charge is 2.42. The number of nitrogens with zero attached hydrogens (tertiary/aromatic N) is 3. The molecule has 1 aromatic carbocycles. The Balaban J connectivity index is 1.51. The van der Waals surface area contributed by atoms with Crippen LogP contribution in [-0.4, -0.2) is 33.5 Å². The molecule has 6 nitrogen and oxygen atoms in total. The molecule has 0 spiro atoms. The molecule has 0 radical (unpaired) electrons. The fraction of sp³-hybridized carbons (Fsp3) is 0.421. The summed E-state index contributed by atoms with van der Waals surface area (Å²) in [4.78, 5) is 26.5. The van der Waals surface area contributed by atoms with Crippen LogP contribution in [0.25, 0.3) is 0 Å². The molecule has 0 bridgehead atoms. The monoisotopic (exact) mass is 356 g/mol. The number of carbonyl (C=O) groups excluding carboxylic acids is 2. The van der Waals surface area contributed by atoms with Gasteiger partial charge in [-0.15, -0.1) is 0 Å². The zero-order valence-corrected chi connectivity index (χ0v) is 14.6. The Bertz CT molecular complexity index is 846. The van der Waals surface area contributed by atoms with Gasteiger partial charge in [-0.25, -0.2) is 4.39 Å². The van der Waals surface area contributed by atoms with E-state index >= 15 is 0 Å². The smallest absolute Gasteiger partial charge is 0.230 e. The number of anilines is 1. The van der Waals surface area contributed by atoms with E-state index < -0.39 is 12.0 Å². The van der Waals surface area contributed by atoms with Crippen molar-refractivity contribution in [3.05, 3.63) is 48.0 Å². The van der Waals surface area contributed by atoms with Gasteiger partial charge in [0.25, 0.3) is 0 Å². The maximum absolute atomic E-state index is 13.6. The molecule has 2 aromatic rings. The lowest BCUT2D eigenvalue weighted by Gasteiger charge is -2.24. The van der Waals surface area contributed by atoms with E-state index in [0.717, 1.165) is 6.54 Å². The number of nitrogens with one attached hydrogen (secondary N) is 1. The van der Waals surface area contributed by atoms with E-state index in [0.29, 0.717) is 17.2 Å². The van der Waals surface area contributed by atoms with Crippen molar-refractivity contribution in [2.24, 2.45) is 11.8 Å². The summed E-state index contributed by atoms with van der Waals surface area (Å²) in [6.07, 6.45) is 6.01. The highest BCUT2D eigenvalue weighted by molar-refractivity contribution is 5.97. The Morgan fingerprint density at radius 1 is 1.38 bits per heavy atom. The molecule has 1 N–H and O–H groups in total. The van der Waals surface area contributed by atoms with Crippen molar-refractivity contribution in [1.29, 1.82) is 0 Å². The summed E-state index contributed by atoms with van der Waals surface area (Å²) >= 11 is 0. The first-order chi connectivity index (χ1) is 12.5. The Morgan fingerprint density at radius 3 is 2.92 bits per heavy atom. The van der Waals surface area contributed by atoms with Crippen molar-refractivity contribution in [2.75, 3.05) is 12.4 Å². The summed E-state index contributed by atoms with van der Waals surface area (Å²) in [6.45, 7) is 0.867. The molecular weight excluding hydrogens is 335 g/mol. The van der Waals surface area contributed by atoms with Crippen molar-refractivity contribution in [3.8, 4) is 0 Å². The van der Waals surface area contributed by atoms with Gasteiger partial charge >= 0.3 is 0 Å². The normalized spacial score (nSPS) is 22.7. The van der Waals surface area contributed by atoms with Crippen molar-refractivity contribution >= 4 is 17.5 Å². The molecule has 1 saturated heterocycles. The van der Waals surface area contributed by atoms with Gasteiger partial charge in [0.15, 0.2) is 0 Å². The SMILES string of the molecule is CN1C(=O)C[C@H](C(=O)Nc2cnn(CC3CC3)c2)[C@@H]1c1cccc(F)c1. The van der Waals surface area contributed by atoms with Crippen LogP contribution in [-0.2, 0) is 16.1 Å². The highest BCUT2D eigenvalue weighted by atomic mass is 19.1. The summed E-state index contributed by atoms with van der Waals surface area (Å²) in [5.74, 6) is -0.625. The van der Waals surface area contributed by atoms with Gasteiger partial charge in [0.2, 0.25) is 11.8 Å². The number of benzene rings is 1. The average Bonchev–Trinajstić information content (AvgIpc) is 3.23. The van der Waals surface area contributed by atoms with Crippen LogP contribution in [0.3, 0.4) is 0 Å². The van der Waals surface area contributed by atoms with Gasteiger partial charge in [-0.1, -0.05) is 12.1 Å². The predicted molar refractivity (Wildman–Crippen MR) is 93.6 cm³/mol. The Kier molecular flexibility index (Phi) is 4.22. The van der Waals surface area contributed by atoms with Gasteiger partial charge in [-0.3, -0.25) is 14.3 Å². The van der Waals surface area contributed by atoms with Crippen LogP contribution in [0.15, 0.2) is 36.7 Å². The molecule has 26 heavy (non-hydrogen) atoms. The first-order valence-corrected chi connectivity index (χ1v) is 8.85. The quantitative estimate of drug-likeness (QED) is 0.895. The Labute approximate surface area is 151 Å². The van der Waals surface area contributed by atoms with E-state index in [9.17, 15) is 14.0 Å². The standard InChI is InChI=1S/C19H21FN4O2/c1-23-17(25)8-16(18(23)13-3-2-4-14(20)7-13)19(26)22-15-9-21-24(11-15)10-12-5-6-12/h2-4,7,9,11-12,16,18H,5-6,8,10H2,1H3,(H,22,26)/t16-,18-/m0/s1. The highest BCUT2D eigenvalue weighted by Crippen LogP contribution is 2.38. The molecule has 4 rings (SSSR count). The van der Waals surface area contributed by atoms with Gasteiger partial charge in [-0.05, 0) is 36.5 Å². The number of hydrogen-bond acceptors (Lipinski definition) is 3. The van der Waals surface area contributed by atoms with Gasteiger partial charge in [0.05, 0.1) is 23.8 Å². The summed E-state index contributed by atoms with van der Waals surface area (Å²) < 4.78 is 15.5. The minimum Gasteiger partial charge on any atom is -0.338 e. The third-order valence-electron chi connectivity index (χ3n) is 5.16. The fourth-order valence-corrected chi connectivity index (χ4v) is 3.58. The van der Waals surface area contributed by atoms with Crippen molar-refractivity contribution in [1.82, 2.24) is 14.7 Å². The second-order valence-electron chi connectivity index (χ2n) is 7.20. The first kappa shape index (κ1) is 16.8. The number of carbonyl (C=O) groups is 2. The fourth-order valence-electron chi connectivity index (χ4n) is 3.58. The molecule has 2 fully saturated rings. The number of likely N-dealkylation sites (tertiary alicyclic amines) is 1. The molecule has 2 aliphatic rings. The second-order valence-corrected chi connectivity index (χ2v) is 7.20. The lowest BCUT2D eigenvalue weighted by atomic mass is 9.93. The molecule has 2 amide bonds. The Hall–Kier alpha value is -2.70. The summed E-state index contributed by atoms with van der Waals surface area (Å²) in [6, 6.07) is 5.60. The van der Waals surface area contributed by atoms with Crippen LogP contribution in [0.1, 0.15) is 30.9 Å². The minimum absolute atomic E-state index is 0.111. The van der Waals surface area contributed by atoms with Gasteiger partial charge in [0, 0.05) is 26.2 Å². The number of hydrogen-bond donors (Lipinski definition) is 1. The van der Waals surface area contributed by atoms with E-state index in [1.54, 1.807) is 25.4 Å². The summed E-state index contributed by atoms with van der Waals surface area (Å²) in [5, 5.41) is 7.13. The molecule has 1 aliphatic heterocycles. The summed E-state index contributed by atoms with van der Waals surface area (Å²) in [7, 11) is 1.65. The van der Waals surface area contributed by atoms with Crippen molar-refractivity contribution in [2.45, 2.75) is 31.8 Å². The predicted octanol–water partition coefficient (Wildman–Crippen LogP) is 2.59. The molecule has 2 atom stereocenters. The number of aromatic nitrogens is 2. The van der Waals surface area contributed by atoms with Crippen LogP contribution in [0.2, 0.25) is 0 Å². The maximum Gasteiger partial charge on any atom is 0.230 e. The molecule has 1 aliphatic carbocycles. The largest absolute Gasteiger partial charge is 0.338 e. The van der Waals surface area contributed by atoms with Gasteiger partial charge < -0.3 is 10.2 Å². The zero-order valence-electron chi connectivity index (χ0n) is 14.6. The molecule has 1 aromatic heterocycles. The van der Waals surface area contributed by atoms with E-state index in [2.05, 4.69) is 10.4 Å². The molecule has 1 saturated carbocycles. The molecule has 136 valence electrons. The minimum atomic E-state index is -0.568. The van der Waals surface area contributed by atoms with Crippen molar-refractivity contribution < 1.29 is 14.0 Å². The molecule has 7 heteroatoms. The van der Waals surface area contributed by atoms with E-state index in [-0.39, 0.29) is 24.1 Å². The average molecular weight is 356 g/mol. The van der Waals surface area contributed by atoms with Gasteiger partial charge in [0.1, 0.15) is 5.82 Å². The van der Waals surface area contributed by atoms with Crippen LogP contribution >= 0.6 is 0 Å².